The molecule has 1 aliphatic heterocycles. The molecule has 8 heavy (non-hydrogen) atoms. The highest BCUT2D eigenvalue weighted by atomic mass is 16.4. The largest absolute Gasteiger partial charge is 0.530 e. The van der Waals surface area contributed by atoms with Crippen LogP contribution in [0.2, 0.25) is 0 Å². The van der Waals surface area contributed by atoms with Gasteiger partial charge in [-0.1, -0.05) is 0 Å². The van der Waals surface area contributed by atoms with Crippen molar-refractivity contribution in [3.8, 4) is 0 Å². The Hall–Kier alpha value is -0.770. The fraction of sp³-hybridized carbons (Fsp3) is 0.750. The number of amides is 1. The number of hydrogen-bond acceptors (Lipinski definition) is 3. The Morgan fingerprint density at radius 2 is 2.38 bits per heavy atom. The lowest BCUT2D eigenvalue weighted by molar-refractivity contribution is -0.252. The van der Waals surface area contributed by atoms with Crippen LogP contribution in [0.3, 0.4) is 0 Å². The van der Waals surface area contributed by atoms with Crippen LogP contribution in [0, 0.1) is 0 Å². The van der Waals surface area contributed by atoms with E-state index in [0.717, 1.165) is 13.1 Å². The molecule has 1 fully saturated rings. The molecular formula is C4H7N2O2-. The summed E-state index contributed by atoms with van der Waals surface area (Å²) in [6.07, 6.45) is -1.18. The summed E-state index contributed by atoms with van der Waals surface area (Å²) in [5.74, 6) is 0. The van der Waals surface area contributed by atoms with E-state index in [1.54, 1.807) is 0 Å². The summed E-state index contributed by atoms with van der Waals surface area (Å²) in [6.45, 7) is 1.46. The van der Waals surface area contributed by atoms with E-state index < -0.39 is 6.09 Å². The van der Waals surface area contributed by atoms with E-state index >= 15 is 0 Å². The third-order valence-corrected chi connectivity index (χ3v) is 1.10. The predicted octanol–water partition coefficient (Wildman–Crippen LogP) is -2.11. The van der Waals surface area contributed by atoms with Gasteiger partial charge in [-0.05, 0) is 0 Å². The quantitative estimate of drug-likeness (QED) is 0.411. The van der Waals surface area contributed by atoms with E-state index in [1.807, 2.05) is 0 Å². The zero-order valence-corrected chi connectivity index (χ0v) is 4.31. The van der Waals surface area contributed by atoms with Gasteiger partial charge in [0.15, 0.2) is 0 Å². The monoisotopic (exact) mass is 115 g/mol. The summed E-state index contributed by atoms with van der Waals surface area (Å²) in [6, 6.07) is 0.0833. The van der Waals surface area contributed by atoms with Gasteiger partial charge in [0.1, 0.15) is 6.09 Å². The first-order chi connectivity index (χ1) is 3.79. The summed E-state index contributed by atoms with van der Waals surface area (Å²) < 4.78 is 0. The van der Waals surface area contributed by atoms with Crippen molar-refractivity contribution in [1.29, 1.82) is 0 Å². The molecule has 0 spiro atoms. The number of carbonyl (C=O) groups excluding carboxylic acids is 1. The van der Waals surface area contributed by atoms with Crippen molar-refractivity contribution in [3.63, 3.8) is 0 Å². The van der Waals surface area contributed by atoms with Gasteiger partial charge in [-0.3, -0.25) is 0 Å². The van der Waals surface area contributed by atoms with Crippen molar-refractivity contribution in [2.45, 2.75) is 6.04 Å². The highest BCUT2D eigenvalue weighted by Gasteiger charge is 2.14. The maximum Gasteiger partial charge on any atom is 0.134 e. The Morgan fingerprint density at radius 3 is 2.50 bits per heavy atom. The molecule has 46 valence electrons. The lowest BCUT2D eigenvalue weighted by atomic mass is 10.2. The number of rotatable bonds is 1. The molecule has 1 aliphatic rings. The second-order valence-corrected chi connectivity index (χ2v) is 1.79. The number of carboxylic acid groups (broad SMARTS) is 1. The van der Waals surface area contributed by atoms with Crippen LogP contribution in [-0.2, 0) is 0 Å². The summed E-state index contributed by atoms with van der Waals surface area (Å²) in [4.78, 5) is 9.75. The topological polar surface area (TPSA) is 64.2 Å². The molecular weight excluding hydrogens is 108 g/mol. The molecule has 0 aromatic rings. The molecule has 0 bridgehead atoms. The third-order valence-electron chi connectivity index (χ3n) is 1.10. The van der Waals surface area contributed by atoms with Crippen LogP contribution in [-0.4, -0.2) is 25.2 Å². The van der Waals surface area contributed by atoms with Crippen LogP contribution in [0.25, 0.3) is 0 Å². The minimum Gasteiger partial charge on any atom is -0.530 e. The van der Waals surface area contributed by atoms with Gasteiger partial charge >= 0.3 is 0 Å². The van der Waals surface area contributed by atoms with E-state index in [-0.39, 0.29) is 6.04 Å². The van der Waals surface area contributed by atoms with Crippen LogP contribution in [0.1, 0.15) is 0 Å². The summed E-state index contributed by atoms with van der Waals surface area (Å²) in [7, 11) is 0. The third kappa shape index (κ3) is 1.10. The number of hydrogen-bond donors (Lipinski definition) is 2. The van der Waals surface area contributed by atoms with Crippen LogP contribution in [0.5, 0.6) is 0 Å². The molecule has 1 rings (SSSR count). The van der Waals surface area contributed by atoms with Gasteiger partial charge in [-0.2, -0.15) is 0 Å². The van der Waals surface area contributed by atoms with E-state index in [9.17, 15) is 9.90 Å². The summed E-state index contributed by atoms with van der Waals surface area (Å²) in [5, 5.41) is 14.9. The van der Waals surface area contributed by atoms with E-state index in [2.05, 4.69) is 10.6 Å². The van der Waals surface area contributed by atoms with Gasteiger partial charge < -0.3 is 20.5 Å². The van der Waals surface area contributed by atoms with Crippen LogP contribution >= 0.6 is 0 Å². The normalized spacial score (nSPS) is 19.5. The van der Waals surface area contributed by atoms with Crippen LogP contribution in [0.15, 0.2) is 0 Å². The van der Waals surface area contributed by atoms with E-state index in [4.69, 9.17) is 0 Å². The van der Waals surface area contributed by atoms with Crippen molar-refractivity contribution in [2.75, 3.05) is 13.1 Å². The van der Waals surface area contributed by atoms with Crippen molar-refractivity contribution in [2.24, 2.45) is 0 Å². The molecule has 4 heteroatoms. The minimum atomic E-state index is -1.18. The average molecular weight is 115 g/mol. The first-order valence-corrected chi connectivity index (χ1v) is 2.47. The standard InChI is InChI=1S/C4H8N2O2/c7-4(8)6-3-1-5-2-3/h3,5-6H,1-2H2,(H,7,8)/p-1. The molecule has 0 saturated carbocycles. The molecule has 0 radical (unpaired) electrons. The Bertz CT molecular complexity index is 100. The average Bonchev–Trinajstić information content (AvgIpc) is 1.55. The van der Waals surface area contributed by atoms with Crippen LogP contribution in [0.4, 0.5) is 4.79 Å². The first kappa shape index (κ1) is 5.37. The van der Waals surface area contributed by atoms with Gasteiger partial charge in [0, 0.05) is 13.1 Å². The maximum absolute atomic E-state index is 9.75. The fourth-order valence-corrected chi connectivity index (χ4v) is 0.557. The SMILES string of the molecule is O=C([O-])NC1CNC1. The van der Waals surface area contributed by atoms with Crippen molar-refractivity contribution >= 4 is 6.09 Å². The minimum absolute atomic E-state index is 0.0833. The molecule has 1 amide bonds. The highest BCUT2D eigenvalue weighted by Crippen LogP contribution is 1.87. The molecule has 0 atom stereocenters. The van der Waals surface area contributed by atoms with Gasteiger partial charge in [0.2, 0.25) is 0 Å². The Balaban J connectivity index is 2.09. The second kappa shape index (κ2) is 2.00. The fourth-order valence-electron chi connectivity index (χ4n) is 0.557. The Labute approximate surface area is 46.9 Å². The van der Waals surface area contributed by atoms with Crippen molar-refractivity contribution in [1.82, 2.24) is 10.6 Å². The first-order valence-electron chi connectivity index (χ1n) is 2.47. The lowest BCUT2D eigenvalue weighted by Crippen LogP contribution is -2.59. The molecule has 4 nitrogen and oxygen atoms in total. The van der Waals surface area contributed by atoms with E-state index in [1.165, 1.54) is 0 Å². The number of nitrogens with one attached hydrogen (secondary N) is 2. The number of carbonyl (C=O) groups is 1. The summed E-state index contributed by atoms with van der Waals surface area (Å²) >= 11 is 0. The molecule has 0 unspecified atom stereocenters. The van der Waals surface area contributed by atoms with Gasteiger partial charge in [0.05, 0.1) is 6.04 Å². The zero-order valence-electron chi connectivity index (χ0n) is 4.31. The highest BCUT2D eigenvalue weighted by molar-refractivity contribution is 5.62. The molecule has 0 aliphatic carbocycles. The van der Waals surface area contributed by atoms with Crippen molar-refractivity contribution in [3.05, 3.63) is 0 Å². The molecule has 0 aromatic heterocycles. The van der Waals surface area contributed by atoms with Gasteiger partial charge in [-0.15, -0.1) is 0 Å². The second-order valence-electron chi connectivity index (χ2n) is 1.79. The Morgan fingerprint density at radius 1 is 1.75 bits per heavy atom. The maximum atomic E-state index is 9.75. The Kier molecular flexibility index (Phi) is 1.34. The van der Waals surface area contributed by atoms with E-state index in [0.29, 0.717) is 0 Å². The zero-order chi connectivity index (χ0) is 5.98. The molecule has 0 aromatic carbocycles. The molecule has 1 heterocycles. The predicted molar refractivity (Wildman–Crippen MR) is 25.2 cm³/mol. The van der Waals surface area contributed by atoms with Crippen molar-refractivity contribution < 1.29 is 9.90 Å². The smallest absolute Gasteiger partial charge is 0.134 e. The van der Waals surface area contributed by atoms with Crippen LogP contribution < -0.4 is 15.7 Å². The van der Waals surface area contributed by atoms with Gasteiger partial charge in [-0.25, -0.2) is 0 Å². The summed E-state index contributed by atoms with van der Waals surface area (Å²) in [5.41, 5.74) is 0. The molecule has 2 N–H and O–H groups in total. The lowest BCUT2D eigenvalue weighted by Gasteiger charge is -2.28. The van der Waals surface area contributed by atoms with Gasteiger partial charge in [0.25, 0.3) is 0 Å². The molecule has 1 saturated heterocycles.